The van der Waals surface area contributed by atoms with Crippen LogP contribution in [0.15, 0.2) is 70.6 Å². The van der Waals surface area contributed by atoms with Crippen LogP contribution in [0.25, 0.3) is 0 Å². The smallest absolute Gasteiger partial charge is 0.203 e. The van der Waals surface area contributed by atoms with E-state index in [1.54, 1.807) is 67.2 Å². The maximum absolute atomic E-state index is 6.08. The molecule has 5 rings (SSSR count). The number of benzene rings is 4. The van der Waals surface area contributed by atoms with Gasteiger partial charge in [0.1, 0.15) is 26.4 Å². The van der Waals surface area contributed by atoms with Crippen LogP contribution >= 0.6 is 0 Å². The zero-order chi connectivity index (χ0) is 38.1. The molecule has 1 aliphatic rings. The van der Waals surface area contributed by atoms with Crippen molar-refractivity contribution in [3.05, 3.63) is 71.8 Å². The first-order valence-corrected chi connectivity index (χ1v) is 17.1. The van der Waals surface area contributed by atoms with Gasteiger partial charge in [-0.15, -0.1) is 0 Å². The summed E-state index contributed by atoms with van der Waals surface area (Å²) < 4.78 is 68.5. The normalized spacial score (nSPS) is 14.2. The van der Waals surface area contributed by atoms with Crippen molar-refractivity contribution in [2.45, 2.75) is 0 Å². The highest BCUT2D eigenvalue weighted by atomic mass is 16.6. The van der Waals surface area contributed by atoms with Crippen molar-refractivity contribution in [2.75, 3.05) is 95.5 Å². The summed E-state index contributed by atoms with van der Waals surface area (Å²) in [6.45, 7) is 2.44. The SMILES string of the molecule is COc1cc(C=Nc2ccc3c(c2)OCCOCCOc2ccc(N=Cc4cc(OC)c(OC)c(OC)c4)cc2OCCOCCO3)cc(OC)c1OC. The largest absolute Gasteiger partial charge is 0.493 e. The van der Waals surface area contributed by atoms with Crippen molar-refractivity contribution in [3.8, 4) is 57.5 Å². The van der Waals surface area contributed by atoms with E-state index in [0.717, 1.165) is 11.1 Å². The van der Waals surface area contributed by atoms with E-state index in [-0.39, 0.29) is 13.2 Å². The van der Waals surface area contributed by atoms with E-state index in [1.807, 2.05) is 48.5 Å². The lowest BCUT2D eigenvalue weighted by Crippen LogP contribution is -2.15. The maximum Gasteiger partial charge on any atom is 0.203 e. The summed E-state index contributed by atoms with van der Waals surface area (Å²) in [6, 6.07) is 18.2. The average molecular weight is 747 g/mol. The molecular formula is C40H46N2O12. The van der Waals surface area contributed by atoms with E-state index in [1.165, 1.54) is 0 Å². The Bertz CT molecular complexity index is 1700. The number of rotatable bonds is 10. The van der Waals surface area contributed by atoms with E-state index in [2.05, 4.69) is 9.98 Å². The molecule has 0 amide bonds. The fraction of sp³-hybridized carbons (Fsp3) is 0.350. The molecule has 1 aliphatic heterocycles. The van der Waals surface area contributed by atoms with Crippen LogP contribution in [0.5, 0.6) is 57.5 Å². The number of aliphatic imine (C=N–C) groups is 2. The predicted molar refractivity (Wildman–Crippen MR) is 203 cm³/mol. The van der Waals surface area contributed by atoms with Gasteiger partial charge in [-0.3, -0.25) is 9.98 Å². The van der Waals surface area contributed by atoms with Gasteiger partial charge < -0.3 is 56.8 Å². The molecular weight excluding hydrogens is 700 g/mol. The van der Waals surface area contributed by atoms with Crippen molar-refractivity contribution in [2.24, 2.45) is 9.98 Å². The Balaban J connectivity index is 1.22. The first-order valence-electron chi connectivity index (χ1n) is 17.1. The monoisotopic (exact) mass is 746 g/mol. The second-order valence-corrected chi connectivity index (χ2v) is 11.3. The molecule has 288 valence electrons. The first kappa shape index (κ1) is 39.3. The zero-order valence-electron chi connectivity index (χ0n) is 31.4. The topological polar surface area (TPSA) is 135 Å². The van der Waals surface area contributed by atoms with E-state index in [0.29, 0.717) is 109 Å². The molecule has 0 bridgehead atoms. The van der Waals surface area contributed by atoms with Crippen molar-refractivity contribution < 1.29 is 56.8 Å². The summed E-state index contributed by atoms with van der Waals surface area (Å²) in [5.74, 6) is 5.30. The highest BCUT2D eigenvalue weighted by molar-refractivity contribution is 5.85. The molecule has 0 fully saturated rings. The standard InChI is InChI=1S/C40H46N2O12/c1-43-35-19-27(20-36(44-2)39(35)47-5)25-41-29-7-9-31-33(23-29)53-17-13-49-12-16-52-32-10-8-30(24-34(32)54-18-14-50-11-15-51-31)42-26-28-21-37(45-3)40(48-6)38(22-28)46-4/h7-10,19-26H,11-18H2,1-6H3. The molecule has 0 unspecified atom stereocenters. The summed E-state index contributed by atoms with van der Waals surface area (Å²) in [5.41, 5.74) is 2.84. The number of methoxy groups -OCH3 is 6. The van der Waals surface area contributed by atoms with Crippen LogP contribution in [-0.4, -0.2) is 108 Å². The molecule has 0 saturated heterocycles. The minimum atomic E-state index is 0.278. The number of hydrogen-bond acceptors (Lipinski definition) is 14. The number of fused-ring (bicyclic) bond motifs is 2. The number of ether oxygens (including phenoxy) is 12. The Hall–Kier alpha value is -5.86. The third kappa shape index (κ3) is 10.6. The van der Waals surface area contributed by atoms with Gasteiger partial charge in [0.2, 0.25) is 11.5 Å². The van der Waals surface area contributed by atoms with E-state index in [4.69, 9.17) is 56.8 Å². The van der Waals surface area contributed by atoms with Crippen LogP contribution in [0.2, 0.25) is 0 Å². The van der Waals surface area contributed by atoms with Gasteiger partial charge in [-0.25, -0.2) is 0 Å². The minimum Gasteiger partial charge on any atom is -0.493 e. The molecule has 0 radical (unpaired) electrons. The number of hydrogen-bond donors (Lipinski definition) is 0. The molecule has 0 spiro atoms. The Morgan fingerprint density at radius 2 is 0.741 bits per heavy atom. The fourth-order valence-electron chi connectivity index (χ4n) is 5.31. The molecule has 54 heavy (non-hydrogen) atoms. The van der Waals surface area contributed by atoms with Crippen LogP contribution in [0.4, 0.5) is 11.4 Å². The molecule has 0 aliphatic carbocycles. The van der Waals surface area contributed by atoms with E-state index < -0.39 is 0 Å². The van der Waals surface area contributed by atoms with Crippen molar-refractivity contribution in [1.82, 2.24) is 0 Å². The van der Waals surface area contributed by atoms with Gasteiger partial charge in [-0.05, 0) is 48.5 Å². The molecule has 4 aromatic carbocycles. The van der Waals surface area contributed by atoms with Gasteiger partial charge in [-0.1, -0.05) is 0 Å². The molecule has 0 atom stereocenters. The summed E-state index contributed by atoms with van der Waals surface area (Å²) in [5, 5.41) is 0. The lowest BCUT2D eigenvalue weighted by molar-refractivity contribution is 0.0640. The summed E-state index contributed by atoms with van der Waals surface area (Å²) in [7, 11) is 9.39. The average Bonchev–Trinajstić information content (AvgIpc) is 3.20. The van der Waals surface area contributed by atoms with Crippen molar-refractivity contribution >= 4 is 23.8 Å². The molecule has 14 nitrogen and oxygen atoms in total. The van der Waals surface area contributed by atoms with E-state index in [9.17, 15) is 0 Å². The highest BCUT2D eigenvalue weighted by Gasteiger charge is 2.15. The molecule has 14 heteroatoms. The maximum atomic E-state index is 6.08. The van der Waals surface area contributed by atoms with Gasteiger partial charge >= 0.3 is 0 Å². The van der Waals surface area contributed by atoms with Crippen molar-refractivity contribution in [1.29, 1.82) is 0 Å². The third-order valence-electron chi connectivity index (χ3n) is 7.90. The summed E-state index contributed by atoms with van der Waals surface area (Å²) >= 11 is 0. The molecule has 0 aromatic heterocycles. The molecule has 1 heterocycles. The number of nitrogens with zero attached hydrogens (tertiary/aromatic N) is 2. The third-order valence-corrected chi connectivity index (χ3v) is 7.90. The van der Waals surface area contributed by atoms with Crippen LogP contribution in [0.3, 0.4) is 0 Å². The Morgan fingerprint density at radius 1 is 0.407 bits per heavy atom. The zero-order valence-corrected chi connectivity index (χ0v) is 31.4. The van der Waals surface area contributed by atoms with Crippen LogP contribution in [-0.2, 0) is 9.47 Å². The van der Waals surface area contributed by atoms with Crippen LogP contribution in [0.1, 0.15) is 11.1 Å². The second-order valence-electron chi connectivity index (χ2n) is 11.3. The summed E-state index contributed by atoms with van der Waals surface area (Å²) in [6.07, 6.45) is 3.41. The Kier molecular flexibility index (Phi) is 14.9. The lowest BCUT2D eigenvalue weighted by Gasteiger charge is -2.16. The van der Waals surface area contributed by atoms with Crippen molar-refractivity contribution in [3.63, 3.8) is 0 Å². The predicted octanol–water partition coefficient (Wildman–Crippen LogP) is 6.50. The summed E-state index contributed by atoms with van der Waals surface area (Å²) in [4.78, 5) is 9.27. The minimum absolute atomic E-state index is 0.278. The first-order chi connectivity index (χ1) is 26.5. The molecule has 0 N–H and O–H groups in total. The van der Waals surface area contributed by atoms with Gasteiger partial charge in [0.15, 0.2) is 46.0 Å². The second kappa shape index (κ2) is 20.4. The van der Waals surface area contributed by atoms with Gasteiger partial charge in [0.25, 0.3) is 0 Å². The van der Waals surface area contributed by atoms with E-state index >= 15 is 0 Å². The van der Waals surface area contributed by atoms with Crippen LogP contribution in [0, 0.1) is 0 Å². The molecule has 0 saturated carbocycles. The van der Waals surface area contributed by atoms with Crippen LogP contribution < -0.4 is 47.4 Å². The fourth-order valence-corrected chi connectivity index (χ4v) is 5.31. The Morgan fingerprint density at radius 3 is 1.06 bits per heavy atom. The lowest BCUT2D eigenvalue weighted by atomic mass is 10.2. The van der Waals surface area contributed by atoms with Gasteiger partial charge in [-0.2, -0.15) is 0 Å². The molecule has 4 aromatic rings. The quantitative estimate of drug-likeness (QED) is 0.164. The Labute approximate surface area is 315 Å². The highest BCUT2D eigenvalue weighted by Crippen LogP contribution is 2.39. The van der Waals surface area contributed by atoms with Gasteiger partial charge in [0, 0.05) is 35.7 Å². The van der Waals surface area contributed by atoms with Gasteiger partial charge in [0.05, 0.1) is 80.5 Å².